The normalized spacial score (nSPS) is 17.1. The van der Waals surface area contributed by atoms with Gasteiger partial charge in [-0.25, -0.2) is 28.2 Å². The Morgan fingerprint density at radius 3 is 2.28 bits per heavy atom. The smallest absolute Gasteiger partial charge is 0.389 e. The molecule has 64 heavy (non-hydrogen) atoms. The molecule has 0 bridgehead atoms. The van der Waals surface area contributed by atoms with Crippen molar-refractivity contribution in [2.75, 3.05) is 40.9 Å². The van der Waals surface area contributed by atoms with Gasteiger partial charge in [-0.3, -0.25) is 29.7 Å². The van der Waals surface area contributed by atoms with Crippen LogP contribution in [0.5, 0.6) is 6.01 Å². The number of alkyl halides is 2. The Bertz CT molecular complexity index is 2810. The first-order chi connectivity index (χ1) is 31.0. The zero-order valence-corrected chi connectivity index (χ0v) is 35.1. The van der Waals surface area contributed by atoms with Gasteiger partial charge in [0.25, 0.3) is 0 Å². The number of halogens is 3. The second kappa shape index (κ2) is 17.5. The molecule has 3 aromatic carbocycles. The van der Waals surface area contributed by atoms with E-state index in [1.807, 2.05) is 42.2 Å². The number of ether oxygens (including phenoxy) is 1. The third kappa shape index (κ3) is 7.97. The average molecular weight is 872 g/mol. The van der Waals surface area contributed by atoms with Gasteiger partial charge in [-0.1, -0.05) is 43.3 Å². The van der Waals surface area contributed by atoms with Crippen LogP contribution in [0, 0.1) is 5.82 Å². The number of aromatic nitrogens is 5. The summed E-state index contributed by atoms with van der Waals surface area (Å²) in [6, 6.07) is 22.9. The second-order valence-corrected chi connectivity index (χ2v) is 16.0. The lowest BCUT2D eigenvalue weighted by Crippen LogP contribution is -2.39. The van der Waals surface area contributed by atoms with Crippen molar-refractivity contribution >= 4 is 35.0 Å². The van der Waals surface area contributed by atoms with Gasteiger partial charge in [0.05, 0.1) is 29.2 Å². The van der Waals surface area contributed by atoms with Crippen molar-refractivity contribution in [2.45, 2.75) is 57.5 Å². The van der Waals surface area contributed by atoms with E-state index in [0.717, 1.165) is 49.9 Å². The van der Waals surface area contributed by atoms with E-state index in [2.05, 4.69) is 32.3 Å². The molecule has 1 N–H and O–H groups in total. The highest BCUT2D eigenvalue weighted by atomic mass is 19.3. The van der Waals surface area contributed by atoms with Crippen LogP contribution in [0.1, 0.15) is 61.1 Å². The zero-order valence-electron chi connectivity index (χ0n) is 35.1. The molecule has 3 aliphatic heterocycles. The fourth-order valence-corrected chi connectivity index (χ4v) is 9.16. The monoisotopic (exact) mass is 871 g/mol. The Morgan fingerprint density at radius 1 is 0.812 bits per heavy atom. The van der Waals surface area contributed by atoms with Gasteiger partial charge in [0, 0.05) is 57.6 Å². The van der Waals surface area contributed by atoms with E-state index >= 15 is 4.39 Å². The number of benzene rings is 3. The fourth-order valence-electron chi connectivity index (χ4n) is 9.16. The van der Waals surface area contributed by atoms with Gasteiger partial charge in [0.15, 0.2) is 0 Å². The van der Waals surface area contributed by atoms with Crippen molar-refractivity contribution in [3.63, 3.8) is 0 Å². The van der Waals surface area contributed by atoms with Crippen LogP contribution in [0.3, 0.4) is 0 Å². The predicted molar refractivity (Wildman–Crippen MR) is 234 cm³/mol. The van der Waals surface area contributed by atoms with Crippen LogP contribution in [0.4, 0.5) is 35.2 Å². The summed E-state index contributed by atoms with van der Waals surface area (Å²) in [5.41, 5.74) is 6.24. The number of hydrogen-bond donors (Lipinski definition) is 1. The molecule has 6 aromatic rings. The molecule has 0 saturated carbocycles. The molecule has 0 radical (unpaired) electrons. The molecule has 1 unspecified atom stereocenters. The minimum Gasteiger partial charge on any atom is -0.401 e. The molecule has 17 heteroatoms. The van der Waals surface area contributed by atoms with Gasteiger partial charge in [-0.05, 0) is 107 Å². The van der Waals surface area contributed by atoms with E-state index in [1.165, 1.54) is 13.1 Å². The Morgan fingerprint density at radius 2 is 1.58 bits per heavy atom. The van der Waals surface area contributed by atoms with Crippen LogP contribution < -0.4 is 30.4 Å². The molecule has 3 aliphatic rings. The van der Waals surface area contributed by atoms with Crippen LogP contribution in [-0.4, -0.2) is 75.0 Å². The van der Waals surface area contributed by atoms with E-state index in [1.54, 1.807) is 58.7 Å². The van der Waals surface area contributed by atoms with E-state index in [-0.39, 0.29) is 30.0 Å². The summed E-state index contributed by atoms with van der Waals surface area (Å²) >= 11 is 0. The summed E-state index contributed by atoms with van der Waals surface area (Å²) in [7, 11) is 1.35. The predicted octanol–water partition coefficient (Wildman–Crippen LogP) is 7.35. The molecule has 0 spiro atoms. The first-order valence-electron chi connectivity index (χ1n) is 21.2. The molecule has 1 atom stereocenters. The molecule has 0 aliphatic carbocycles. The lowest BCUT2D eigenvalue weighted by atomic mass is 9.86. The number of aryl methyl sites for hydroxylation is 1. The van der Waals surface area contributed by atoms with Gasteiger partial charge >= 0.3 is 24.3 Å². The zero-order chi connectivity index (χ0) is 44.6. The first-order valence-corrected chi connectivity index (χ1v) is 21.2. The van der Waals surface area contributed by atoms with Crippen molar-refractivity contribution in [2.24, 2.45) is 7.05 Å². The van der Waals surface area contributed by atoms with Crippen LogP contribution in [0.15, 0.2) is 102 Å². The lowest BCUT2D eigenvalue weighted by molar-refractivity contribution is -0.134. The van der Waals surface area contributed by atoms with E-state index in [4.69, 9.17) is 4.98 Å². The summed E-state index contributed by atoms with van der Waals surface area (Å²) in [6.45, 7) is 0.856. The molecule has 4 amide bonds. The number of hydrogen-bond acceptors (Lipinski definition) is 9. The lowest BCUT2D eigenvalue weighted by Gasteiger charge is -2.34. The van der Waals surface area contributed by atoms with Crippen molar-refractivity contribution in [3.05, 3.63) is 130 Å². The number of urea groups is 1. The number of piperidine rings is 2. The van der Waals surface area contributed by atoms with Gasteiger partial charge in [-0.15, -0.1) is 5.10 Å². The highest BCUT2D eigenvalue weighted by Gasteiger charge is 2.34. The molecule has 3 aromatic heterocycles. The van der Waals surface area contributed by atoms with Crippen molar-refractivity contribution in [3.8, 4) is 34.0 Å². The highest BCUT2D eigenvalue weighted by molar-refractivity contribution is 6.06. The van der Waals surface area contributed by atoms with Gasteiger partial charge in [0.2, 0.25) is 11.8 Å². The number of imide groups is 1. The quantitative estimate of drug-likeness (QED) is 0.132. The number of anilines is 3. The summed E-state index contributed by atoms with van der Waals surface area (Å²) in [4.78, 5) is 65.4. The van der Waals surface area contributed by atoms with Crippen LogP contribution >= 0.6 is 0 Å². The second-order valence-electron chi connectivity index (χ2n) is 16.0. The van der Waals surface area contributed by atoms with Crippen LogP contribution in [0.25, 0.3) is 27.9 Å². The molecule has 6 heterocycles. The molecule has 3 fully saturated rings. The Hall–Kier alpha value is -7.30. The SMILES string of the molecule is CCc1c(-c2ccc(-n3c(OC(F)F)nn(C)c3=O)cc2-c2ccc(C3CCN(c4ccc(C5CCC(=O)NC5=O)cc4F)CC3)cc2)ccnc1N1CCN(c2cccnc2)C1=O. The van der Waals surface area contributed by atoms with Gasteiger partial charge in [0.1, 0.15) is 11.6 Å². The Kier molecular flexibility index (Phi) is 11.5. The number of carbonyl (C=O) groups is 3. The fraction of sp³-hybridized carbons (Fsp3) is 0.298. The number of rotatable bonds is 11. The maximum atomic E-state index is 15.5. The number of nitrogens with one attached hydrogen (secondary N) is 1. The third-order valence-electron chi connectivity index (χ3n) is 12.4. The standard InChI is InChI=1S/C47H44F3N9O5/c1-3-34-37(16-20-52-42(34)58-24-23-57(47(58)63)33-5-4-19-51-27-33)36-12-11-32(59-45(64-44(49)50)54-55(2)46(59)62)26-38(36)30-8-6-28(7-9-30)29-17-21-56(22-18-29)40-14-10-31(25-39(40)48)35-13-15-41(60)53-43(35)61/h4-12,14,16,19-20,25-27,29,35,44H,3,13,15,17-18,21-24H2,1-2H3,(H,53,60,61). The Labute approximate surface area is 365 Å². The first kappa shape index (κ1) is 42.0. The average Bonchev–Trinajstić information content (AvgIpc) is 3.82. The molecule has 9 rings (SSSR count). The van der Waals surface area contributed by atoms with Gasteiger partial charge in [-0.2, -0.15) is 8.78 Å². The van der Waals surface area contributed by atoms with Crippen molar-refractivity contribution < 1.29 is 32.3 Å². The molecular weight excluding hydrogens is 828 g/mol. The van der Waals surface area contributed by atoms with Crippen LogP contribution in [0.2, 0.25) is 0 Å². The van der Waals surface area contributed by atoms with Crippen molar-refractivity contribution in [1.82, 2.24) is 29.6 Å². The van der Waals surface area contributed by atoms with E-state index < -0.39 is 36.0 Å². The number of nitrogens with zero attached hydrogens (tertiary/aromatic N) is 8. The Balaban J connectivity index is 1.02. The third-order valence-corrected chi connectivity index (χ3v) is 12.4. The molecule has 14 nitrogen and oxygen atoms in total. The molecular formula is C47H44F3N9O5. The topological polar surface area (TPSA) is 148 Å². The maximum Gasteiger partial charge on any atom is 0.389 e. The summed E-state index contributed by atoms with van der Waals surface area (Å²) in [5, 5.41) is 6.25. The molecule has 328 valence electrons. The largest absolute Gasteiger partial charge is 0.401 e. The number of amides is 4. The summed E-state index contributed by atoms with van der Waals surface area (Å²) < 4.78 is 49.2. The van der Waals surface area contributed by atoms with Crippen LogP contribution in [-0.2, 0) is 23.1 Å². The summed E-state index contributed by atoms with van der Waals surface area (Å²) in [5.74, 6) is -0.985. The number of carbonyl (C=O) groups excluding carboxylic acids is 3. The van der Waals surface area contributed by atoms with Crippen molar-refractivity contribution in [1.29, 1.82) is 0 Å². The van der Waals surface area contributed by atoms with E-state index in [0.29, 0.717) is 67.3 Å². The maximum absolute atomic E-state index is 15.5. The summed E-state index contributed by atoms with van der Waals surface area (Å²) in [6.07, 6.45) is 7.57. The van der Waals surface area contributed by atoms with E-state index in [9.17, 15) is 28.0 Å². The molecule has 3 saturated heterocycles. The van der Waals surface area contributed by atoms with Gasteiger partial charge < -0.3 is 9.64 Å². The highest BCUT2D eigenvalue weighted by Crippen LogP contribution is 2.41. The number of pyridine rings is 2. The minimum absolute atomic E-state index is 0.184. The minimum atomic E-state index is -3.21.